The van der Waals surface area contributed by atoms with Gasteiger partial charge in [0.25, 0.3) is 0 Å². The Morgan fingerprint density at radius 3 is 2.95 bits per heavy atom. The third kappa shape index (κ3) is 1.90. The number of aromatic nitrogens is 5. The molecule has 0 bridgehead atoms. The fourth-order valence-electron chi connectivity index (χ4n) is 2.34. The predicted octanol–water partition coefficient (Wildman–Crippen LogP) is 2.23. The molecule has 0 aliphatic carbocycles. The number of thiophene rings is 1. The van der Waals surface area contributed by atoms with Gasteiger partial charge >= 0.3 is 0 Å². The number of hydrogen-bond donors (Lipinski definition) is 1. The summed E-state index contributed by atoms with van der Waals surface area (Å²) in [5, 5.41) is 19.6. The van der Waals surface area contributed by atoms with E-state index in [9.17, 15) is 5.11 Å². The Bertz CT molecular complexity index is 958. The molecule has 0 unspecified atom stereocenters. The van der Waals surface area contributed by atoms with Crippen molar-refractivity contribution in [2.24, 2.45) is 0 Å². The van der Waals surface area contributed by atoms with Gasteiger partial charge in [0.2, 0.25) is 0 Å². The third-order valence-electron chi connectivity index (χ3n) is 3.28. The maximum absolute atomic E-state index is 9.45. The first-order valence-electron chi connectivity index (χ1n) is 6.45. The minimum Gasteiger partial charge on any atom is -0.390 e. The van der Waals surface area contributed by atoms with Gasteiger partial charge in [-0.2, -0.15) is 0 Å². The van der Waals surface area contributed by atoms with Crippen molar-refractivity contribution in [3.05, 3.63) is 41.9 Å². The van der Waals surface area contributed by atoms with Gasteiger partial charge in [0.1, 0.15) is 21.2 Å². The quantitative estimate of drug-likeness (QED) is 0.614. The Labute approximate surface area is 123 Å². The number of aryl methyl sites for hydroxylation is 1. The highest BCUT2D eigenvalue weighted by Crippen LogP contribution is 2.30. The van der Waals surface area contributed by atoms with Crippen LogP contribution in [0.15, 0.2) is 30.3 Å². The molecule has 0 spiro atoms. The monoisotopic (exact) mass is 297 g/mol. The summed E-state index contributed by atoms with van der Waals surface area (Å²) in [5.74, 6) is 0.656. The first-order chi connectivity index (χ1) is 10.3. The number of hydrogen-bond acceptors (Lipinski definition) is 6. The summed E-state index contributed by atoms with van der Waals surface area (Å²) in [7, 11) is 0. The third-order valence-corrected chi connectivity index (χ3v) is 4.29. The van der Waals surface area contributed by atoms with E-state index in [4.69, 9.17) is 0 Å². The van der Waals surface area contributed by atoms with Crippen LogP contribution in [0.1, 0.15) is 11.5 Å². The molecule has 4 rings (SSSR count). The molecule has 104 valence electrons. The van der Waals surface area contributed by atoms with E-state index in [1.165, 1.54) is 11.3 Å². The lowest BCUT2D eigenvalue weighted by atomic mass is 10.3. The molecule has 0 aliphatic heterocycles. The van der Waals surface area contributed by atoms with Crippen LogP contribution in [0.3, 0.4) is 0 Å². The van der Waals surface area contributed by atoms with Crippen molar-refractivity contribution >= 4 is 32.6 Å². The molecule has 21 heavy (non-hydrogen) atoms. The molecular weight excluding hydrogens is 286 g/mol. The molecule has 0 saturated carbocycles. The molecule has 3 heterocycles. The Morgan fingerprint density at radius 2 is 2.10 bits per heavy atom. The summed E-state index contributed by atoms with van der Waals surface area (Å²) < 4.78 is 1.79. The van der Waals surface area contributed by atoms with Crippen molar-refractivity contribution in [3.8, 4) is 5.00 Å². The SMILES string of the molecule is Cc1nc(CO)c2cc(-n3nnc4ccccc43)sc2n1. The highest BCUT2D eigenvalue weighted by atomic mass is 32.1. The van der Waals surface area contributed by atoms with Crippen LogP contribution in [0.4, 0.5) is 0 Å². The van der Waals surface area contributed by atoms with Gasteiger partial charge in [0, 0.05) is 5.39 Å². The summed E-state index contributed by atoms with van der Waals surface area (Å²) in [6.45, 7) is 1.72. The zero-order valence-electron chi connectivity index (χ0n) is 11.2. The van der Waals surface area contributed by atoms with Gasteiger partial charge in [-0.25, -0.2) is 14.6 Å². The molecule has 0 saturated heterocycles. The van der Waals surface area contributed by atoms with Gasteiger partial charge < -0.3 is 5.11 Å². The molecule has 7 heteroatoms. The van der Waals surface area contributed by atoms with E-state index >= 15 is 0 Å². The van der Waals surface area contributed by atoms with Crippen LogP contribution in [0.25, 0.3) is 26.3 Å². The summed E-state index contributed by atoms with van der Waals surface area (Å²) in [6, 6.07) is 9.74. The van der Waals surface area contributed by atoms with Gasteiger partial charge in [-0.15, -0.1) is 5.10 Å². The molecular formula is C14H11N5OS. The summed E-state index contributed by atoms with van der Waals surface area (Å²) in [6.07, 6.45) is 0. The molecule has 0 radical (unpaired) electrons. The van der Waals surface area contributed by atoms with Crippen molar-refractivity contribution in [1.82, 2.24) is 25.0 Å². The number of rotatable bonds is 2. The molecule has 0 amide bonds. The van der Waals surface area contributed by atoms with E-state index in [1.807, 2.05) is 37.3 Å². The minimum absolute atomic E-state index is 0.103. The average Bonchev–Trinajstić information content (AvgIpc) is 3.09. The smallest absolute Gasteiger partial charge is 0.129 e. The van der Waals surface area contributed by atoms with E-state index in [-0.39, 0.29) is 6.61 Å². The second-order valence-electron chi connectivity index (χ2n) is 4.67. The summed E-state index contributed by atoms with van der Waals surface area (Å²) in [4.78, 5) is 9.55. The topological polar surface area (TPSA) is 76.7 Å². The molecule has 1 aromatic carbocycles. The van der Waals surface area contributed by atoms with Crippen LogP contribution in [0.2, 0.25) is 0 Å². The Balaban J connectivity index is 1.99. The maximum Gasteiger partial charge on any atom is 0.129 e. The van der Waals surface area contributed by atoms with Gasteiger partial charge in [0.15, 0.2) is 0 Å². The van der Waals surface area contributed by atoms with Gasteiger partial charge in [-0.05, 0) is 25.1 Å². The van der Waals surface area contributed by atoms with Crippen LogP contribution in [-0.4, -0.2) is 30.1 Å². The number of para-hydroxylation sites is 1. The normalized spacial score (nSPS) is 11.5. The number of benzene rings is 1. The van der Waals surface area contributed by atoms with Crippen molar-refractivity contribution < 1.29 is 5.11 Å². The van der Waals surface area contributed by atoms with Crippen LogP contribution in [0, 0.1) is 6.92 Å². The van der Waals surface area contributed by atoms with Crippen LogP contribution >= 0.6 is 11.3 Å². The molecule has 4 aromatic rings. The van der Waals surface area contributed by atoms with Gasteiger partial charge in [0.05, 0.1) is 17.8 Å². The molecule has 3 aromatic heterocycles. The second-order valence-corrected chi connectivity index (χ2v) is 5.68. The van der Waals surface area contributed by atoms with Crippen LogP contribution in [0.5, 0.6) is 0 Å². The first-order valence-corrected chi connectivity index (χ1v) is 7.26. The van der Waals surface area contributed by atoms with Crippen molar-refractivity contribution in [3.63, 3.8) is 0 Å². The number of aliphatic hydroxyl groups excluding tert-OH is 1. The molecule has 0 fully saturated rings. The fraction of sp³-hybridized carbons (Fsp3) is 0.143. The average molecular weight is 297 g/mol. The Kier molecular flexibility index (Phi) is 2.69. The summed E-state index contributed by atoms with van der Waals surface area (Å²) >= 11 is 1.51. The zero-order valence-corrected chi connectivity index (χ0v) is 12.0. The predicted molar refractivity (Wildman–Crippen MR) is 80.5 cm³/mol. The van der Waals surface area contributed by atoms with E-state index in [1.54, 1.807) is 4.68 Å². The number of aliphatic hydroxyl groups is 1. The molecule has 1 N–H and O–H groups in total. The van der Waals surface area contributed by atoms with Crippen molar-refractivity contribution in [2.75, 3.05) is 0 Å². The minimum atomic E-state index is -0.103. The molecule has 0 aliphatic rings. The largest absolute Gasteiger partial charge is 0.390 e. The van der Waals surface area contributed by atoms with Crippen LogP contribution < -0.4 is 0 Å². The van der Waals surface area contributed by atoms with Crippen LogP contribution in [-0.2, 0) is 6.61 Å². The lowest BCUT2D eigenvalue weighted by Gasteiger charge is -1.98. The fourth-order valence-corrected chi connectivity index (χ4v) is 3.40. The van der Waals surface area contributed by atoms with E-state index in [0.717, 1.165) is 26.3 Å². The van der Waals surface area contributed by atoms with E-state index in [0.29, 0.717) is 11.5 Å². The lowest BCUT2D eigenvalue weighted by Crippen LogP contribution is -1.95. The molecule has 6 nitrogen and oxygen atoms in total. The van der Waals surface area contributed by atoms with E-state index < -0.39 is 0 Å². The van der Waals surface area contributed by atoms with E-state index in [2.05, 4.69) is 20.3 Å². The second kappa shape index (κ2) is 4.57. The van der Waals surface area contributed by atoms with Crippen molar-refractivity contribution in [2.45, 2.75) is 13.5 Å². The zero-order chi connectivity index (χ0) is 14.4. The Hall–Kier alpha value is -2.38. The highest BCUT2D eigenvalue weighted by molar-refractivity contribution is 7.21. The summed E-state index contributed by atoms with van der Waals surface area (Å²) in [5.41, 5.74) is 2.43. The lowest BCUT2D eigenvalue weighted by molar-refractivity contribution is 0.278. The highest BCUT2D eigenvalue weighted by Gasteiger charge is 2.13. The number of fused-ring (bicyclic) bond motifs is 2. The Morgan fingerprint density at radius 1 is 1.24 bits per heavy atom. The van der Waals surface area contributed by atoms with Crippen molar-refractivity contribution in [1.29, 1.82) is 0 Å². The van der Waals surface area contributed by atoms with Gasteiger partial charge in [-0.1, -0.05) is 28.7 Å². The van der Waals surface area contributed by atoms with Gasteiger partial charge in [-0.3, -0.25) is 0 Å². The molecule has 0 atom stereocenters. The number of nitrogens with zero attached hydrogens (tertiary/aromatic N) is 5. The standard InChI is InChI=1S/C14H11N5OS/c1-8-15-11(7-20)9-6-13(21-14(9)16-8)19-12-5-3-2-4-10(12)17-18-19/h2-6,20H,7H2,1H3. The maximum atomic E-state index is 9.45. The first kappa shape index (κ1) is 12.4.